The predicted octanol–water partition coefficient (Wildman–Crippen LogP) is 2.58. The fourth-order valence-corrected chi connectivity index (χ4v) is 4.52. The van der Waals surface area contributed by atoms with Crippen LogP contribution in [0.1, 0.15) is 6.42 Å². The lowest BCUT2D eigenvalue weighted by molar-refractivity contribution is -0.134. The third kappa shape index (κ3) is 6.68. The first kappa shape index (κ1) is 20.8. The maximum Gasteiger partial charge on any atom is 0.405 e. The zero-order valence-corrected chi connectivity index (χ0v) is 16.0. The minimum atomic E-state index is -4.31. The molecule has 1 fully saturated rings. The maximum absolute atomic E-state index is 12.1. The molecule has 0 atom stereocenters. The molecule has 1 aromatic heterocycles. The third-order valence-corrected chi connectivity index (χ3v) is 6.08. The molecule has 144 valence electrons. The van der Waals surface area contributed by atoms with Crippen molar-refractivity contribution in [3.63, 3.8) is 0 Å². The fourth-order valence-electron chi connectivity index (χ4n) is 1.83. The van der Waals surface area contributed by atoms with Gasteiger partial charge in [-0.05, 0) is 6.42 Å². The van der Waals surface area contributed by atoms with Crippen LogP contribution in [-0.2, 0) is 14.3 Å². The number of alkyl halides is 3. The molecule has 0 unspecified atom stereocenters. The molecule has 26 heavy (non-hydrogen) atoms. The number of halogens is 3. The molecule has 0 spiro atoms. The third-order valence-electron chi connectivity index (χ3n) is 2.95. The first-order valence-electron chi connectivity index (χ1n) is 7.28. The van der Waals surface area contributed by atoms with Crippen molar-refractivity contribution >= 4 is 51.9 Å². The van der Waals surface area contributed by atoms with Gasteiger partial charge < -0.3 is 15.0 Å². The number of amides is 1. The molecule has 0 saturated carbocycles. The summed E-state index contributed by atoms with van der Waals surface area (Å²) in [7, 11) is 1.27. The van der Waals surface area contributed by atoms with Gasteiger partial charge in [-0.3, -0.25) is 4.79 Å². The van der Waals surface area contributed by atoms with Crippen LogP contribution in [0.25, 0.3) is 0 Å². The number of anilines is 1. The van der Waals surface area contributed by atoms with Crippen LogP contribution in [0.5, 0.6) is 0 Å². The number of thioether (sulfide) groups is 2. The average molecular weight is 428 g/mol. The smallest absolute Gasteiger partial charge is 0.405 e. The molecule has 1 aliphatic heterocycles. The van der Waals surface area contributed by atoms with Crippen LogP contribution in [0.3, 0.4) is 0 Å². The Labute approximate surface area is 159 Å². The molecule has 0 bridgehead atoms. The van der Waals surface area contributed by atoms with Crippen molar-refractivity contribution in [3.8, 4) is 0 Å². The Kier molecular flexibility index (Phi) is 7.58. The minimum Gasteiger partial charge on any atom is -0.466 e. The number of nitrogens with one attached hydrogen (secondary N) is 1. The van der Waals surface area contributed by atoms with E-state index in [1.165, 1.54) is 41.6 Å². The summed E-state index contributed by atoms with van der Waals surface area (Å²) in [5.74, 6) is 0.285. The molecule has 2 heterocycles. The molecule has 1 N–H and O–H groups in total. The van der Waals surface area contributed by atoms with E-state index in [0.717, 1.165) is 11.3 Å². The molecule has 1 saturated heterocycles. The summed E-state index contributed by atoms with van der Waals surface area (Å²) < 4.78 is 41.5. The lowest BCUT2D eigenvalue weighted by Gasteiger charge is -2.16. The van der Waals surface area contributed by atoms with Crippen LogP contribution < -0.4 is 5.32 Å². The van der Waals surface area contributed by atoms with E-state index < -0.39 is 18.7 Å². The number of carbonyl (C=O) groups is 2. The molecule has 1 aromatic rings. The standard InChI is InChI=1S/C13H15F3N4O3S3/c1-23-10(22)5-9-20(8(21)6-25-9)3-2-4-24-12-19-18-11(26-12)17-7-13(14,15)16/h5H,2-4,6-7H2,1H3,(H,17,18)/b9-5+. The van der Waals surface area contributed by atoms with Crippen LogP contribution in [-0.4, -0.2) is 64.9 Å². The van der Waals surface area contributed by atoms with Gasteiger partial charge in [0, 0.05) is 12.3 Å². The number of carbonyl (C=O) groups excluding carboxylic acids is 2. The van der Waals surface area contributed by atoms with Gasteiger partial charge in [0.25, 0.3) is 0 Å². The topological polar surface area (TPSA) is 84.4 Å². The molecule has 1 aliphatic rings. The van der Waals surface area contributed by atoms with E-state index in [1.54, 1.807) is 0 Å². The van der Waals surface area contributed by atoms with E-state index in [9.17, 15) is 22.8 Å². The second kappa shape index (κ2) is 9.46. The number of hydrogen-bond acceptors (Lipinski definition) is 9. The number of hydrogen-bond donors (Lipinski definition) is 1. The lowest BCUT2D eigenvalue weighted by atomic mass is 10.4. The van der Waals surface area contributed by atoms with Crippen LogP contribution in [0.2, 0.25) is 0 Å². The highest BCUT2D eigenvalue weighted by atomic mass is 32.2. The normalized spacial score (nSPS) is 16.4. The van der Waals surface area contributed by atoms with E-state index in [-0.39, 0.29) is 16.8 Å². The number of ether oxygens (including phenoxy) is 1. The second-order valence-corrected chi connectivity index (χ2v) is 8.20. The summed E-state index contributed by atoms with van der Waals surface area (Å²) in [5, 5.41) is 10.3. The van der Waals surface area contributed by atoms with Crippen molar-refractivity contribution in [3.05, 3.63) is 11.1 Å². The van der Waals surface area contributed by atoms with Crippen molar-refractivity contribution in [2.45, 2.75) is 16.9 Å². The number of rotatable bonds is 8. The Morgan fingerprint density at radius 3 is 2.92 bits per heavy atom. The Hall–Kier alpha value is -1.47. The van der Waals surface area contributed by atoms with Crippen molar-refractivity contribution in [1.29, 1.82) is 0 Å². The largest absolute Gasteiger partial charge is 0.466 e. The first-order chi connectivity index (χ1) is 12.3. The second-order valence-electron chi connectivity index (χ2n) is 4.88. The van der Waals surface area contributed by atoms with Crippen molar-refractivity contribution < 1.29 is 27.5 Å². The number of methoxy groups -OCH3 is 1. The van der Waals surface area contributed by atoms with Crippen molar-refractivity contribution in [1.82, 2.24) is 15.1 Å². The highest BCUT2D eigenvalue weighted by molar-refractivity contribution is 8.04. The summed E-state index contributed by atoms with van der Waals surface area (Å²) in [5.41, 5.74) is 0. The van der Waals surface area contributed by atoms with Crippen molar-refractivity contribution in [2.24, 2.45) is 0 Å². The monoisotopic (exact) mass is 428 g/mol. The van der Waals surface area contributed by atoms with E-state index >= 15 is 0 Å². The summed E-state index contributed by atoms with van der Waals surface area (Å²) >= 11 is 3.66. The van der Waals surface area contributed by atoms with Gasteiger partial charge in [0.1, 0.15) is 6.54 Å². The SMILES string of the molecule is COC(=O)/C=C1/SCC(=O)N1CCCSc1nnc(NCC(F)(F)F)s1. The van der Waals surface area contributed by atoms with Gasteiger partial charge in [-0.25, -0.2) is 4.79 Å². The molecular formula is C13H15F3N4O3S3. The number of esters is 1. The fraction of sp³-hybridized carbons (Fsp3) is 0.538. The summed E-state index contributed by atoms with van der Waals surface area (Å²) in [6.45, 7) is -0.726. The molecule has 1 amide bonds. The lowest BCUT2D eigenvalue weighted by Crippen LogP contribution is -2.26. The molecule has 0 aliphatic carbocycles. The summed E-state index contributed by atoms with van der Waals surface area (Å²) in [6.07, 6.45) is -2.40. The number of aromatic nitrogens is 2. The molecule has 13 heteroatoms. The van der Waals surface area contributed by atoms with Gasteiger partial charge in [-0.2, -0.15) is 13.2 Å². The molecular weight excluding hydrogens is 413 g/mol. The van der Waals surface area contributed by atoms with Gasteiger partial charge in [-0.15, -0.1) is 10.2 Å². The highest BCUT2D eigenvalue weighted by Crippen LogP contribution is 2.30. The van der Waals surface area contributed by atoms with Gasteiger partial charge in [0.05, 0.1) is 24.0 Å². The summed E-state index contributed by atoms with van der Waals surface area (Å²) in [6, 6.07) is 0. The highest BCUT2D eigenvalue weighted by Gasteiger charge is 2.28. The van der Waals surface area contributed by atoms with Gasteiger partial charge in [-0.1, -0.05) is 34.9 Å². The van der Waals surface area contributed by atoms with E-state index in [2.05, 4.69) is 20.3 Å². The van der Waals surface area contributed by atoms with Gasteiger partial charge in [0.2, 0.25) is 11.0 Å². The average Bonchev–Trinajstić information content (AvgIpc) is 3.17. The summed E-state index contributed by atoms with van der Waals surface area (Å²) in [4.78, 5) is 24.7. The van der Waals surface area contributed by atoms with E-state index in [0.29, 0.717) is 28.1 Å². The van der Waals surface area contributed by atoms with Gasteiger partial charge >= 0.3 is 12.1 Å². The predicted molar refractivity (Wildman–Crippen MR) is 94.1 cm³/mol. The molecule has 0 aromatic carbocycles. The zero-order valence-electron chi connectivity index (χ0n) is 13.5. The maximum atomic E-state index is 12.1. The molecule has 0 radical (unpaired) electrons. The van der Waals surface area contributed by atoms with Gasteiger partial charge in [0.15, 0.2) is 4.34 Å². The van der Waals surface area contributed by atoms with Crippen LogP contribution in [0.15, 0.2) is 15.4 Å². The quantitative estimate of drug-likeness (QED) is 0.293. The Bertz CT molecular complexity index is 681. The Balaban J connectivity index is 1.76. The first-order valence-corrected chi connectivity index (χ1v) is 10.1. The Morgan fingerprint density at radius 1 is 1.46 bits per heavy atom. The van der Waals surface area contributed by atoms with E-state index in [4.69, 9.17) is 0 Å². The minimum absolute atomic E-state index is 0.0790. The van der Waals surface area contributed by atoms with Crippen LogP contribution >= 0.6 is 34.9 Å². The number of nitrogens with zero attached hydrogens (tertiary/aromatic N) is 3. The van der Waals surface area contributed by atoms with Crippen molar-refractivity contribution in [2.75, 3.05) is 37.0 Å². The van der Waals surface area contributed by atoms with Crippen LogP contribution in [0.4, 0.5) is 18.3 Å². The zero-order chi connectivity index (χ0) is 19.2. The molecule has 2 rings (SSSR count). The van der Waals surface area contributed by atoms with Crippen LogP contribution in [0, 0.1) is 0 Å². The van der Waals surface area contributed by atoms with E-state index in [1.807, 2.05) is 0 Å². The Morgan fingerprint density at radius 2 is 2.23 bits per heavy atom. The molecule has 7 nitrogen and oxygen atoms in total.